The van der Waals surface area contributed by atoms with Gasteiger partial charge in [-0.25, -0.2) is 12.8 Å². The Labute approximate surface area is 191 Å². The van der Waals surface area contributed by atoms with Crippen molar-refractivity contribution in [2.75, 3.05) is 13.1 Å². The smallest absolute Gasteiger partial charge is 0.246 e. The van der Waals surface area contributed by atoms with Crippen LogP contribution >= 0.6 is 23.2 Å². The fourth-order valence-corrected chi connectivity index (χ4v) is 6.58. The van der Waals surface area contributed by atoms with E-state index in [1.807, 2.05) is 0 Å². The van der Waals surface area contributed by atoms with Gasteiger partial charge in [0.25, 0.3) is 0 Å². The minimum atomic E-state index is -3.86. The van der Waals surface area contributed by atoms with Crippen LogP contribution in [0.4, 0.5) is 4.39 Å². The molecule has 5 nitrogen and oxygen atoms in total. The molecule has 0 N–H and O–H groups in total. The van der Waals surface area contributed by atoms with Crippen LogP contribution in [0.5, 0.6) is 0 Å². The summed E-state index contributed by atoms with van der Waals surface area (Å²) in [5, 5.41) is 0.158. The average molecular weight is 485 g/mol. The third-order valence-electron chi connectivity index (χ3n) is 5.89. The number of carbonyl (C=O) groups is 1. The summed E-state index contributed by atoms with van der Waals surface area (Å²) in [6, 6.07) is 11.2. The van der Waals surface area contributed by atoms with Crippen molar-refractivity contribution in [1.29, 1.82) is 0 Å². The highest BCUT2D eigenvalue weighted by Gasteiger charge is 2.39. The van der Waals surface area contributed by atoms with E-state index >= 15 is 0 Å². The monoisotopic (exact) mass is 484 g/mol. The SMILES string of the molecule is O=C(C1CCN(S(=O)(=O)c2c(Cl)cccc2Cl)CC1)N(Cc1ccccc1F)C1CC1. The number of hydrogen-bond acceptors (Lipinski definition) is 3. The first-order chi connectivity index (χ1) is 14.8. The second kappa shape index (κ2) is 9.06. The van der Waals surface area contributed by atoms with Gasteiger partial charge in [-0.3, -0.25) is 4.79 Å². The molecule has 1 saturated heterocycles. The number of piperidine rings is 1. The van der Waals surface area contributed by atoms with Gasteiger partial charge >= 0.3 is 0 Å². The fourth-order valence-electron chi connectivity index (χ4n) is 4.02. The summed E-state index contributed by atoms with van der Waals surface area (Å²) in [7, 11) is -3.86. The Balaban J connectivity index is 1.45. The molecule has 2 aromatic rings. The van der Waals surface area contributed by atoms with Gasteiger partial charge in [0.05, 0.1) is 10.0 Å². The summed E-state index contributed by atoms with van der Waals surface area (Å²) in [6.45, 7) is 0.654. The second-order valence-corrected chi connectivity index (χ2v) is 10.7. The van der Waals surface area contributed by atoms with Crippen LogP contribution in [0.3, 0.4) is 0 Å². The Morgan fingerprint density at radius 1 is 1.00 bits per heavy atom. The zero-order valence-corrected chi connectivity index (χ0v) is 19.1. The second-order valence-electron chi connectivity index (χ2n) is 8.02. The van der Waals surface area contributed by atoms with Crippen LogP contribution in [0.15, 0.2) is 47.4 Å². The molecule has 2 aliphatic rings. The highest BCUT2D eigenvalue weighted by Crippen LogP contribution is 2.35. The summed E-state index contributed by atoms with van der Waals surface area (Å²) < 4.78 is 41.6. The van der Waals surface area contributed by atoms with Gasteiger partial charge in [-0.05, 0) is 43.9 Å². The molecule has 2 fully saturated rings. The lowest BCUT2D eigenvalue weighted by Crippen LogP contribution is -2.45. The van der Waals surface area contributed by atoms with Crippen molar-refractivity contribution in [2.24, 2.45) is 5.92 Å². The summed E-state index contributed by atoms with van der Waals surface area (Å²) in [6.07, 6.45) is 2.64. The van der Waals surface area contributed by atoms with E-state index in [4.69, 9.17) is 23.2 Å². The Bertz CT molecular complexity index is 1060. The zero-order chi connectivity index (χ0) is 22.2. The van der Waals surface area contributed by atoms with E-state index < -0.39 is 10.0 Å². The first-order valence-corrected chi connectivity index (χ1v) is 12.5. The molecule has 0 unspecified atom stereocenters. The number of halogens is 3. The largest absolute Gasteiger partial charge is 0.335 e. The van der Waals surface area contributed by atoms with E-state index in [0.29, 0.717) is 18.4 Å². The molecule has 1 aliphatic carbocycles. The van der Waals surface area contributed by atoms with Gasteiger partial charge < -0.3 is 4.90 Å². The van der Waals surface area contributed by atoms with Gasteiger partial charge in [-0.15, -0.1) is 0 Å². The van der Waals surface area contributed by atoms with Crippen molar-refractivity contribution in [2.45, 2.75) is 43.2 Å². The van der Waals surface area contributed by atoms with E-state index in [1.165, 1.54) is 22.5 Å². The number of amides is 1. The molecular formula is C22H23Cl2FN2O3S. The number of hydrogen-bond donors (Lipinski definition) is 0. The minimum absolute atomic E-state index is 0.0291. The summed E-state index contributed by atoms with van der Waals surface area (Å²) in [4.78, 5) is 14.9. The normalized spacial score (nSPS) is 18.2. The predicted octanol–water partition coefficient (Wildman–Crippen LogP) is 4.72. The topological polar surface area (TPSA) is 57.7 Å². The van der Waals surface area contributed by atoms with Crippen molar-refractivity contribution in [1.82, 2.24) is 9.21 Å². The van der Waals surface area contributed by atoms with Gasteiger partial charge in [0.1, 0.15) is 10.7 Å². The molecule has 0 radical (unpaired) electrons. The molecule has 1 amide bonds. The maximum absolute atomic E-state index is 14.1. The van der Waals surface area contributed by atoms with Gasteiger partial charge in [0, 0.05) is 37.2 Å². The molecule has 31 heavy (non-hydrogen) atoms. The molecule has 0 atom stereocenters. The molecule has 9 heteroatoms. The zero-order valence-electron chi connectivity index (χ0n) is 16.8. The maximum Gasteiger partial charge on any atom is 0.246 e. The summed E-state index contributed by atoms with van der Waals surface area (Å²) in [5.74, 6) is -0.641. The Kier molecular flexibility index (Phi) is 6.58. The molecule has 0 bridgehead atoms. The van der Waals surface area contributed by atoms with Crippen molar-refractivity contribution in [3.05, 3.63) is 63.9 Å². The van der Waals surface area contributed by atoms with Crippen LogP contribution in [-0.4, -0.2) is 42.7 Å². The number of benzene rings is 2. The Morgan fingerprint density at radius 3 is 2.19 bits per heavy atom. The van der Waals surface area contributed by atoms with Crippen LogP contribution in [0.25, 0.3) is 0 Å². The van der Waals surface area contributed by atoms with E-state index in [1.54, 1.807) is 29.2 Å². The summed E-state index contributed by atoms with van der Waals surface area (Å²) in [5.41, 5.74) is 0.496. The van der Waals surface area contributed by atoms with E-state index in [-0.39, 0.29) is 58.3 Å². The van der Waals surface area contributed by atoms with Crippen molar-refractivity contribution in [3.8, 4) is 0 Å². The van der Waals surface area contributed by atoms with Crippen molar-refractivity contribution < 1.29 is 17.6 Å². The molecule has 4 rings (SSSR count). The third kappa shape index (κ3) is 4.75. The lowest BCUT2D eigenvalue weighted by Gasteiger charge is -2.34. The van der Waals surface area contributed by atoms with Gasteiger partial charge in [0.15, 0.2) is 0 Å². The number of sulfonamides is 1. The number of carbonyl (C=O) groups excluding carboxylic acids is 1. The van der Waals surface area contributed by atoms with Gasteiger partial charge in [-0.2, -0.15) is 4.31 Å². The van der Waals surface area contributed by atoms with Gasteiger partial charge in [-0.1, -0.05) is 47.5 Å². The molecule has 1 heterocycles. The Hall–Kier alpha value is -1.67. The fraction of sp³-hybridized carbons (Fsp3) is 0.409. The molecular weight excluding hydrogens is 462 g/mol. The number of rotatable bonds is 6. The predicted molar refractivity (Wildman–Crippen MR) is 118 cm³/mol. The number of nitrogens with zero attached hydrogens (tertiary/aromatic N) is 2. The quantitative estimate of drug-likeness (QED) is 0.595. The average Bonchev–Trinajstić information content (AvgIpc) is 3.58. The Morgan fingerprint density at radius 2 is 1.61 bits per heavy atom. The maximum atomic E-state index is 14.1. The lowest BCUT2D eigenvalue weighted by atomic mass is 9.96. The molecule has 0 aromatic heterocycles. The van der Waals surface area contributed by atoms with Crippen LogP contribution in [0.2, 0.25) is 10.0 Å². The molecule has 2 aromatic carbocycles. The molecule has 1 aliphatic heterocycles. The molecule has 0 spiro atoms. The standard InChI is InChI=1S/C22H23Cl2FN2O3S/c23-18-5-3-6-19(24)21(18)31(29,30)26-12-10-15(11-13-26)22(28)27(17-8-9-17)14-16-4-1-2-7-20(16)25/h1-7,15,17H,8-14H2. The van der Waals surface area contributed by atoms with E-state index in [9.17, 15) is 17.6 Å². The highest BCUT2D eigenvalue weighted by atomic mass is 35.5. The molecule has 166 valence electrons. The lowest BCUT2D eigenvalue weighted by molar-refractivity contribution is -0.138. The van der Waals surface area contributed by atoms with Crippen molar-refractivity contribution in [3.63, 3.8) is 0 Å². The van der Waals surface area contributed by atoms with Crippen LogP contribution in [0.1, 0.15) is 31.2 Å². The van der Waals surface area contributed by atoms with Gasteiger partial charge in [0.2, 0.25) is 15.9 Å². The van der Waals surface area contributed by atoms with Crippen LogP contribution in [0, 0.1) is 11.7 Å². The van der Waals surface area contributed by atoms with E-state index in [2.05, 4.69) is 0 Å². The van der Waals surface area contributed by atoms with E-state index in [0.717, 1.165) is 12.8 Å². The third-order valence-corrected chi connectivity index (χ3v) is 8.74. The first kappa shape index (κ1) is 22.5. The summed E-state index contributed by atoms with van der Waals surface area (Å²) >= 11 is 12.2. The van der Waals surface area contributed by atoms with Crippen LogP contribution < -0.4 is 0 Å². The highest BCUT2D eigenvalue weighted by molar-refractivity contribution is 7.89. The minimum Gasteiger partial charge on any atom is -0.335 e. The van der Waals surface area contributed by atoms with Crippen LogP contribution in [-0.2, 0) is 21.4 Å². The first-order valence-electron chi connectivity index (χ1n) is 10.3. The van der Waals surface area contributed by atoms with Crippen molar-refractivity contribution >= 4 is 39.1 Å². The molecule has 1 saturated carbocycles.